The van der Waals surface area contributed by atoms with Crippen molar-refractivity contribution < 1.29 is 22.7 Å². The molecule has 0 spiro atoms. The molecule has 0 bridgehead atoms. The summed E-state index contributed by atoms with van der Waals surface area (Å²) in [4.78, 5) is 20.1. The van der Waals surface area contributed by atoms with Gasteiger partial charge in [0.15, 0.2) is 6.61 Å². The number of carbonyl (C=O) groups is 1. The Morgan fingerprint density at radius 2 is 1.90 bits per heavy atom. The van der Waals surface area contributed by atoms with E-state index in [0.717, 1.165) is 16.5 Å². The number of aromatic nitrogens is 3. The molecule has 7 nitrogen and oxygen atoms in total. The van der Waals surface area contributed by atoms with E-state index < -0.39 is 18.8 Å². The van der Waals surface area contributed by atoms with Gasteiger partial charge in [-0.2, -0.15) is 18.2 Å². The SMILES string of the molecule is Nc1nc(N)c2c(ccc3c2ccn3Cc2cccc(C(=O)OCC(F)(F)F)c2)n1. The number of nitrogen functional groups attached to an aromatic ring is 2. The van der Waals surface area contributed by atoms with Gasteiger partial charge in [0.2, 0.25) is 5.95 Å². The molecular formula is C20H16F3N5O2. The van der Waals surface area contributed by atoms with Crippen LogP contribution < -0.4 is 11.5 Å². The van der Waals surface area contributed by atoms with E-state index in [1.807, 2.05) is 22.9 Å². The van der Waals surface area contributed by atoms with E-state index in [9.17, 15) is 18.0 Å². The van der Waals surface area contributed by atoms with E-state index >= 15 is 0 Å². The van der Waals surface area contributed by atoms with Crippen LogP contribution in [0.2, 0.25) is 0 Å². The normalized spacial score (nSPS) is 11.8. The Morgan fingerprint density at radius 1 is 1.10 bits per heavy atom. The molecule has 0 radical (unpaired) electrons. The van der Waals surface area contributed by atoms with Crippen molar-refractivity contribution in [2.75, 3.05) is 18.1 Å². The zero-order valence-electron chi connectivity index (χ0n) is 15.5. The summed E-state index contributed by atoms with van der Waals surface area (Å²) in [7, 11) is 0. The summed E-state index contributed by atoms with van der Waals surface area (Å²) >= 11 is 0. The monoisotopic (exact) mass is 415 g/mol. The summed E-state index contributed by atoms with van der Waals surface area (Å²) in [6.45, 7) is -1.25. The van der Waals surface area contributed by atoms with Gasteiger partial charge in [0.1, 0.15) is 5.82 Å². The Balaban J connectivity index is 1.63. The summed E-state index contributed by atoms with van der Waals surface area (Å²) in [6.07, 6.45) is -2.73. The first-order valence-electron chi connectivity index (χ1n) is 8.84. The lowest BCUT2D eigenvalue weighted by molar-refractivity contribution is -0.161. The first-order valence-corrected chi connectivity index (χ1v) is 8.84. The lowest BCUT2D eigenvalue weighted by Crippen LogP contribution is -2.20. The summed E-state index contributed by atoms with van der Waals surface area (Å²) < 4.78 is 43.0. The predicted octanol–water partition coefficient (Wildman–Crippen LogP) is 3.52. The van der Waals surface area contributed by atoms with E-state index in [1.165, 1.54) is 12.1 Å². The number of anilines is 2. The molecule has 30 heavy (non-hydrogen) atoms. The van der Waals surface area contributed by atoms with Crippen molar-refractivity contribution in [3.05, 3.63) is 59.8 Å². The van der Waals surface area contributed by atoms with Crippen LogP contribution in [0.1, 0.15) is 15.9 Å². The zero-order chi connectivity index (χ0) is 21.5. The molecule has 0 amide bonds. The summed E-state index contributed by atoms with van der Waals surface area (Å²) in [6, 6.07) is 11.8. The molecule has 4 N–H and O–H groups in total. The van der Waals surface area contributed by atoms with Crippen molar-refractivity contribution >= 4 is 39.5 Å². The molecule has 2 heterocycles. The fourth-order valence-electron chi connectivity index (χ4n) is 3.31. The van der Waals surface area contributed by atoms with Crippen molar-refractivity contribution in [3.8, 4) is 0 Å². The summed E-state index contributed by atoms with van der Waals surface area (Å²) in [5.74, 6) is -0.664. The van der Waals surface area contributed by atoms with E-state index in [2.05, 4.69) is 14.7 Å². The number of nitrogens with two attached hydrogens (primary N) is 2. The molecule has 154 valence electrons. The second kappa shape index (κ2) is 7.21. The molecule has 0 unspecified atom stereocenters. The average molecular weight is 415 g/mol. The molecule has 0 saturated heterocycles. The van der Waals surface area contributed by atoms with E-state index in [0.29, 0.717) is 17.4 Å². The van der Waals surface area contributed by atoms with Crippen LogP contribution in [0.4, 0.5) is 24.9 Å². The third kappa shape index (κ3) is 3.84. The molecule has 4 aromatic rings. The summed E-state index contributed by atoms with van der Waals surface area (Å²) in [5, 5.41) is 1.52. The van der Waals surface area contributed by atoms with Crippen LogP contribution >= 0.6 is 0 Å². The number of rotatable bonds is 4. The second-order valence-electron chi connectivity index (χ2n) is 6.69. The molecule has 0 fully saturated rings. The van der Waals surface area contributed by atoms with Gasteiger partial charge in [-0.1, -0.05) is 12.1 Å². The van der Waals surface area contributed by atoms with Gasteiger partial charge in [-0.05, 0) is 35.9 Å². The minimum Gasteiger partial charge on any atom is -0.452 e. The van der Waals surface area contributed by atoms with E-state index in [1.54, 1.807) is 18.2 Å². The van der Waals surface area contributed by atoms with Gasteiger partial charge in [-0.3, -0.25) is 0 Å². The van der Waals surface area contributed by atoms with Crippen molar-refractivity contribution in [3.63, 3.8) is 0 Å². The number of ether oxygens (including phenoxy) is 1. The molecule has 10 heteroatoms. The van der Waals surface area contributed by atoms with Gasteiger partial charge in [0.25, 0.3) is 0 Å². The maximum Gasteiger partial charge on any atom is 0.422 e. The second-order valence-corrected chi connectivity index (χ2v) is 6.69. The van der Waals surface area contributed by atoms with Crippen molar-refractivity contribution in [1.29, 1.82) is 0 Å². The maximum atomic E-state index is 12.3. The van der Waals surface area contributed by atoms with Crippen LogP contribution in [0.5, 0.6) is 0 Å². The molecule has 0 aliphatic carbocycles. The largest absolute Gasteiger partial charge is 0.452 e. The quantitative estimate of drug-likeness (QED) is 0.494. The Hall–Kier alpha value is -3.82. The number of hydrogen-bond donors (Lipinski definition) is 2. The molecule has 0 atom stereocenters. The Morgan fingerprint density at radius 3 is 2.67 bits per heavy atom. The number of halogens is 3. The highest BCUT2D eigenvalue weighted by Crippen LogP contribution is 2.29. The first kappa shape index (κ1) is 19.5. The minimum atomic E-state index is -4.57. The Labute approximate surface area is 168 Å². The fraction of sp³-hybridized carbons (Fsp3) is 0.150. The van der Waals surface area contributed by atoms with Gasteiger partial charge in [-0.25, -0.2) is 9.78 Å². The van der Waals surface area contributed by atoms with Crippen LogP contribution in [-0.4, -0.2) is 33.3 Å². The third-order valence-corrected chi connectivity index (χ3v) is 4.54. The van der Waals surface area contributed by atoms with Crippen molar-refractivity contribution in [2.45, 2.75) is 12.7 Å². The van der Waals surface area contributed by atoms with Crippen molar-refractivity contribution in [1.82, 2.24) is 14.5 Å². The number of fused-ring (bicyclic) bond motifs is 3. The minimum absolute atomic E-state index is 0.0479. The van der Waals surface area contributed by atoms with Crippen LogP contribution in [0, 0.1) is 0 Å². The number of esters is 1. The average Bonchev–Trinajstić information content (AvgIpc) is 3.08. The van der Waals surface area contributed by atoms with Gasteiger partial charge in [-0.15, -0.1) is 0 Å². The van der Waals surface area contributed by atoms with E-state index in [4.69, 9.17) is 11.5 Å². The van der Waals surface area contributed by atoms with Crippen LogP contribution in [-0.2, 0) is 11.3 Å². The number of nitrogens with zero attached hydrogens (tertiary/aromatic N) is 3. The standard InChI is InChI=1S/C20H16F3N5O2/c21-20(22,23)10-30-18(29)12-3-1-2-11(8-12)9-28-7-6-13-15(28)5-4-14-16(13)17(24)27-19(25)26-14/h1-8H,9-10H2,(H4,24,25,26,27). The van der Waals surface area contributed by atoms with Crippen molar-refractivity contribution in [2.24, 2.45) is 0 Å². The fourth-order valence-corrected chi connectivity index (χ4v) is 3.31. The van der Waals surface area contributed by atoms with Gasteiger partial charge in [0, 0.05) is 23.6 Å². The molecule has 2 aromatic carbocycles. The maximum absolute atomic E-state index is 12.3. The van der Waals surface area contributed by atoms with Crippen LogP contribution in [0.25, 0.3) is 21.8 Å². The molecule has 0 aliphatic heterocycles. The van der Waals surface area contributed by atoms with Gasteiger partial charge < -0.3 is 20.8 Å². The third-order valence-electron chi connectivity index (χ3n) is 4.54. The Bertz CT molecular complexity index is 1270. The highest BCUT2D eigenvalue weighted by Gasteiger charge is 2.29. The van der Waals surface area contributed by atoms with Crippen LogP contribution in [0.15, 0.2) is 48.7 Å². The first-order chi connectivity index (χ1) is 14.2. The number of alkyl halides is 3. The zero-order valence-corrected chi connectivity index (χ0v) is 15.5. The van der Waals surface area contributed by atoms with Crippen LogP contribution in [0.3, 0.4) is 0 Å². The predicted molar refractivity (Wildman–Crippen MR) is 106 cm³/mol. The van der Waals surface area contributed by atoms with Gasteiger partial charge in [0.05, 0.1) is 16.5 Å². The van der Waals surface area contributed by atoms with E-state index in [-0.39, 0.29) is 17.3 Å². The summed E-state index contributed by atoms with van der Waals surface area (Å²) in [5.41, 5.74) is 13.9. The van der Waals surface area contributed by atoms with Gasteiger partial charge >= 0.3 is 12.1 Å². The molecule has 4 rings (SSSR count). The highest BCUT2D eigenvalue weighted by atomic mass is 19.4. The Kier molecular flexibility index (Phi) is 4.69. The number of hydrogen-bond acceptors (Lipinski definition) is 6. The topological polar surface area (TPSA) is 109 Å². The molecule has 0 saturated carbocycles. The number of carbonyl (C=O) groups excluding carboxylic acids is 1. The lowest BCUT2D eigenvalue weighted by Gasteiger charge is -2.10. The number of benzene rings is 2. The molecule has 0 aliphatic rings. The smallest absolute Gasteiger partial charge is 0.422 e. The molecular weight excluding hydrogens is 399 g/mol. The highest BCUT2D eigenvalue weighted by molar-refractivity contribution is 6.10. The molecule has 2 aromatic heterocycles. The lowest BCUT2D eigenvalue weighted by atomic mass is 10.1.